The summed E-state index contributed by atoms with van der Waals surface area (Å²) in [5, 5.41) is 8.84. The van der Waals surface area contributed by atoms with E-state index in [1.807, 2.05) is 6.07 Å². The van der Waals surface area contributed by atoms with Crippen LogP contribution >= 0.6 is 0 Å². The standard InChI is InChI=1S/C15H11F3N2O/c1-9-2-3-10(8-19)6-14(9)21-11-4-5-13(20)12(7-11)15(16,17)18/h2-7H,20H2,1H3. The maximum Gasteiger partial charge on any atom is 0.418 e. The fourth-order valence-corrected chi connectivity index (χ4v) is 1.75. The molecule has 108 valence electrons. The lowest BCUT2D eigenvalue weighted by molar-refractivity contribution is -0.137. The zero-order chi connectivity index (χ0) is 15.6. The van der Waals surface area contributed by atoms with E-state index in [2.05, 4.69) is 0 Å². The maximum absolute atomic E-state index is 12.8. The molecule has 21 heavy (non-hydrogen) atoms. The van der Waals surface area contributed by atoms with Gasteiger partial charge >= 0.3 is 6.18 Å². The fourth-order valence-electron chi connectivity index (χ4n) is 1.75. The molecule has 0 unspecified atom stereocenters. The van der Waals surface area contributed by atoms with Crippen LogP contribution in [-0.4, -0.2) is 0 Å². The molecule has 0 radical (unpaired) electrons. The number of alkyl halides is 3. The Morgan fingerprint density at radius 2 is 1.86 bits per heavy atom. The molecule has 0 aliphatic heterocycles. The Morgan fingerprint density at radius 3 is 2.48 bits per heavy atom. The molecule has 2 rings (SSSR count). The van der Waals surface area contributed by atoms with Gasteiger partial charge in [0.05, 0.1) is 17.2 Å². The molecule has 0 fully saturated rings. The summed E-state index contributed by atoms with van der Waals surface area (Å²) in [5.41, 5.74) is 5.08. The van der Waals surface area contributed by atoms with Gasteiger partial charge in [-0.05, 0) is 42.8 Å². The van der Waals surface area contributed by atoms with Crippen molar-refractivity contribution in [3.05, 3.63) is 53.1 Å². The first-order chi connectivity index (χ1) is 9.81. The molecule has 2 aromatic carbocycles. The summed E-state index contributed by atoms with van der Waals surface area (Å²) in [5.74, 6) is 0.335. The Bertz CT molecular complexity index is 718. The molecule has 0 saturated heterocycles. The molecule has 0 spiro atoms. The van der Waals surface area contributed by atoms with Gasteiger partial charge in [0, 0.05) is 5.69 Å². The van der Waals surface area contributed by atoms with E-state index in [1.165, 1.54) is 12.1 Å². The fraction of sp³-hybridized carbons (Fsp3) is 0.133. The summed E-state index contributed by atoms with van der Waals surface area (Å²) in [4.78, 5) is 0. The quantitative estimate of drug-likeness (QED) is 0.841. The van der Waals surface area contributed by atoms with Crippen molar-refractivity contribution in [2.24, 2.45) is 0 Å². The topological polar surface area (TPSA) is 59.0 Å². The van der Waals surface area contributed by atoms with Crippen LogP contribution in [0.5, 0.6) is 11.5 Å². The molecule has 0 heterocycles. The van der Waals surface area contributed by atoms with Crippen molar-refractivity contribution in [3.8, 4) is 17.6 Å². The van der Waals surface area contributed by atoms with E-state index in [-0.39, 0.29) is 11.4 Å². The van der Waals surface area contributed by atoms with Gasteiger partial charge < -0.3 is 10.5 Å². The maximum atomic E-state index is 12.8. The number of nitrogens with two attached hydrogens (primary N) is 1. The molecule has 0 aromatic heterocycles. The molecular formula is C15H11F3N2O. The summed E-state index contributed by atoms with van der Waals surface area (Å²) in [6.07, 6.45) is -4.55. The monoisotopic (exact) mass is 292 g/mol. The molecule has 6 heteroatoms. The number of nitrogen functional groups attached to an aromatic ring is 1. The summed E-state index contributed by atoms with van der Waals surface area (Å²) in [7, 11) is 0. The van der Waals surface area contributed by atoms with Crippen molar-refractivity contribution in [2.75, 3.05) is 5.73 Å². The average Bonchev–Trinajstić information content (AvgIpc) is 2.42. The number of hydrogen-bond acceptors (Lipinski definition) is 3. The van der Waals surface area contributed by atoms with Gasteiger partial charge in [-0.3, -0.25) is 0 Å². The highest BCUT2D eigenvalue weighted by atomic mass is 19.4. The molecule has 2 aromatic rings. The Balaban J connectivity index is 2.39. The van der Waals surface area contributed by atoms with E-state index < -0.39 is 11.7 Å². The number of rotatable bonds is 2. The van der Waals surface area contributed by atoms with Crippen molar-refractivity contribution in [1.82, 2.24) is 0 Å². The lowest BCUT2D eigenvalue weighted by atomic mass is 10.1. The molecule has 3 nitrogen and oxygen atoms in total. The third kappa shape index (κ3) is 3.26. The molecule has 0 saturated carbocycles. The van der Waals surface area contributed by atoms with Crippen LogP contribution in [0, 0.1) is 18.3 Å². The first-order valence-corrected chi connectivity index (χ1v) is 5.96. The molecule has 0 bridgehead atoms. The van der Waals surface area contributed by atoms with Crippen molar-refractivity contribution >= 4 is 5.69 Å². The Morgan fingerprint density at radius 1 is 1.14 bits per heavy atom. The number of halogens is 3. The van der Waals surface area contributed by atoms with Gasteiger partial charge in [-0.2, -0.15) is 18.4 Å². The highest BCUT2D eigenvalue weighted by Crippen LogP contribution is 2.37. The van der Waals surface area contributed by atoms with Crippen molar-refractivity contribution in [3.63, 3.8) is 0 Å². The predicted molar refractivity (Wildman–Crippen MR) is 71.8 cm³/mol. The van der Waals surface area contributed by atoms with Gasteiger partial charge in [-0.25, -0.2) is 0 Å². The molecule has 0 aliphatic carbocycles. The second kappa shape index (κ2) is 5.37. The van der Waals surface area contributed by atoms with Crippen molar-refractivity contribution in [2.45, 2.75) is 13.1 Å². The van der Waals surface area contributed by atoms with Gasteiger partial charge in [0.25, 0.3) is 0 Å². The second-order valence-electron chi connectivity index (χ2n) is 4.44. The second-order valence-corrected chi connectivity index (χ2v) is 4.44. The Labute approximate surface area is 119 Å². The van der Waals surface area contributed by atoms with Gasteiger partial charge in [0.15, 0.2) is 0 Å². The van der Waals surface area contributed by atoms with Crippen LogP contribution in [0.1, 0.15) is 16.7 Å². The number of anilines is 1. The van der Waals surface area contributed by atoms with Crippen molar-refractivity contribution < 1.29 is 17.9 Å². The number of nitrogens with zero attached hydrogens (tertiary/aromatic N) is 1. The predicted octanol–water partition coefficient (Wildman–Crippen LogP) is 4.26. The molecule has 2 N–H and O–H groups in total. The van der Waals surface area contributed by atoms with Crippen LogP contribution < -0.4 is 10.5 Å². The van der Waals surface area contributed by atoms with Crippen LogP contribution in [0.3, 0.4) is 0 Å². The highest BCUT2D eigenvalue weighted by Gasteiger charge is 2.33. The summed E-state index contributed by atoms with van der Waals surface area (Å²) >= 11 is 0. The Hall–Kier alpha value is -2.68. The smallest absolute Gasteiger partial charge is 0.418 e. The van der Waals surface area contributed by atoms with Crippen LogP contribution in [0.2, 0.25) is 0 Å². The van der Waals surface area contributed by atoms with E-state index in [4.69, 9.17) is 15.7 Å². The van der Waals surface area contributed by atoms with Crippen LogP contribution in [0.15, 0.2) is 36.4 Å². The minimum atomic E-state index is -4.55. The normalized spacial score (nSPS) is 11.0. The van der Waals surface area contributed by atoms with Gasteiger partial charge in [-0.1, -0.05) is 6.07 Å². The number of hydrogen-bond donors (Lipinski definition) is 1. The van der Waals surface area contributed by atoms with E-state index in [0.29, 0.717) is 16.9 Å². The lowest BCUT2D eigenvalue weighted by Gasteiger charge is -2.13. The number of nitriles is 1. The van der Waals surface area contributed by atoms with E-state index in [1.54, 1.807) is 19.1 Å². The first kappa shape index (κ1) is 14.7. The van der Waals surface area contributed by atoms with Gasteiger partial charge in [0.1, 0.15) is 11.5 Å². The number of aryl methyl sites for hydroxylation is 1. The highest BCUT2D eigenvalue weighted by molar-refractivity contribution is 5.53. The first-order valence-electron chi connectivity index (χ1n) is 5.96. The average molecular weight is 292 g/mol. The minimum absolute atomic E-state index is 0.00900. The summed E-state index contributed by atoms with van der Waals surface area (Å²) < 4.78 is 43.8. The third-order valence-corrected chi connectivity index (χ3v) is 2.88. The minimum Gasteiger partial charge on any atom is -0.457 e. The number of benzene rings is 2. The van der Waals surface area contributed by atoms with Crippen LogP contribution in [-0.2, 0) is 6.18 Å². The lowest BCUT2D eigenvalue weighted by Crippen LogP contribution is -2.08. The van der Waals surface area contributed by atoms with Gasteiger partial charge in [-0.15, -0.1) is 0 Å². The van der Waals surface area contributed by atoms with Crippen molar-refractivity contribution in [1.29, 1.82) is 5.26 Å². The SMILES string of the molecule is Cc1ccc(C#N)cc1Oc1ccc(N)c(C(F)(F)F)c1. The number of ether oxygens (including phenoxy) is 1. The third-order valence-electron chi connectivity index (χ3n) is 2.88. The van der Waals surface area contributed by atoms with E-state index >= 15 is 0 Å². The van der Waals surface area contributed by atoms with Crippen LogP contribution in [0.25, 0.3) is 0 Å². The van der Waals surface area contributed by atoms with Crippen LogP contribution in [0.4, 0.5) is 18.9 Å². The molecule has 0 atom stereocenters. The zero-order valence-electron chi connectivity index (χ0n) is 11.0. The van der Waals surface area contributed by atoms with Gasteiger partial charge in [0.2, 0.25) is 0 Å². The molecule has 0 aliphatic rings. The molecular weight excluding hydrogens is 281 g/mol. The zero-order valence-corrected chi connectivity index (χ0v) is 11.0. The van der Waals surface area contributed by atoms with E-state index in [0.717, 1.165) is 12.1 Å². The summed E-state index contributed by atoms with van der Waals surface area (Å²) in [6, 6.07) is 10.0. The largest absolute Gasteiger partial charge is 0.457 e. The Kier molecular flexibility index (Phi) is 3.76. The van der Waals surface area contributed by atoms with E-state index in [9.17, 15) is 13.2 Å². The summed E-state index contributed by atoms with van der Waals surface area (Å²) in [6.45, 7) is 1.73. The molecule has 0 amide bonds.